The van der Waals surface area contributed by atoms with E-state index in [4.69, 9.17) is 11.6 Å². The predicted octanol–water partition coefficient (Wildman–Crippen LogP) is 2.66. The summed E-state index contributed by atoms with van der Waals surface area (Å²) in [7, 11) is 0. The van der Waals surface area contributed by atoms with Crippen LogP contribution in [-0.2, 0) is 9.59 Å². The van der Waals surface area contributed by atoms with Crippen LogP contribution >= 0.6 is 11.6 Å². The van der Waals surface area contributed by atoms with Gasteiger partial charge in [0.25, 0.3) is 0 Å². The zero-order valence-corrected chi connectivity index (χ0v) is 14.8. The molecule has 2 amide bonds. The van der Waals surface area contributed by atoms with Gasteiger partial charge in [-0.3, -0.25) is 9.59 Å². The monoisotopic (exact) mass is 367 g/mol. The van der Waals surface area contributed by atoms with Gasteiger partial charge in [-0.15, -0.1) is 0 Å². The van der Waals surface area contributed by atoms with Crippen LogP contribution in [0.5, 0.6) is 0 Å². The zero-order valence-electron chi connectivity index (χ0n) is 14.1. The van der Waals surface area contributed by atoms with Crippen molar-refractivity contribution in [2.24, 2.45) is 11.8 Å². The van der Waals surface area contributed by atoms with Crippen LogP contribution in [0.3, 0.4) is 0 Å². The smallest absolute Gasteiger partial charge is 0.227 e. The van der Waals surface area contributed by atoms with Crippen molar-refractivity contribution in [2.75, 3.05) is 31.5 Å². The number of carbonyl (C=O) groups excluding carboxylic acids is 2. The number of amides is 2. The lowest BCUT2D eigenvalue weighted by Gasteiger charge is -2.34. The third-order valence-corrected chi connectivity index (χ3v) is 5.30. The first-order chi connectivity index (χ1) is 12.0. The number of rotatable bonds is 3. The highest BCUT2D eigenvalue weighted by molar-refractivity contribution is 6.31. The summed E-state index contributed by atoms with van der Waals surface area (Å²) >= 11 is 5.74. The molecule has 3 rings (SSSR count). The van der Waals surface area contributed by atoms with Gasteiger partial charge in [-0.1, -0.05) is 11.6 Å². The van der Waals surface area contributed by atoms with Gasteiger partial charge in [0.05, 0.1) is 10.9 Å². The predicted molar refractivity (Wildman–Crippen MR) is 94.9 cm³/mol. The van der Waals surface area contributed by atoms with Crippen molar-refractivity contribution in [1.29, 1.82) is 0 Å². The molecule has 136 valence electrons. The van der Waals surface area contributed by atoms with E-state index in [9.17, 15) is 14.0 Å². The Bertz CT molecular complexity index is 641. The van der Waals surface area contributed by atoms with E-state index in [2.05, 4.69) is 10.6 Å². The molecule has 1 aromatic carbocycles. The van der Waals surface area contributed by atoms with Gasteiger partial charge in [0.15, 0.2) is 0 Å². The van der Waals surface area contributed by atoms with Crippen molar-refractivity contribution < 1.29 is 14.0 Å². The Labute approximate surface area is 151 Å². The molecule has 25 heavy (non-hydrogen) atoms. The van der Waals surface area contributed by atoms with Crippen LogP contribution in [0, 0.1) is 17.7 Å². The standard InChI is InChI=1S/C18H23ClFN3O2/c19-15-10-14(3-4-16(15)20)22-17(24)12-5-8-23(9-6-12)18(25)13-2-1-7-21-11-13/h3-4,10,12-13,21H,1-2,5-9,11H2,(H,22,24). The molecule has 2 N–H and O–H groups in total. The highest BCUT2D eigenvalue weighted by atomic mass is 35.5. The van der Waals surface area contributed by atoms with Gasteiger partial charge in [0, 0.05) is 31.2 Å². The number of halogens is 2. The van der Waals surface area contributed by atoms with E-state index >= 15 is 0 Å². The number of nitrogens with one attached hydrogen (secondary N) is 2. The van der Waals surface area contributed by atoms with Crippen LogP contribution in [0.15, 0.2) is 18.2 Å². The van der Waals surface area contributed by atoms with Crippen LogP contribution in [0.4, 0.5) is 10.1 Å². The first kappa shape index (κ1) is 18.1. The lowest BCUT2D eigenvalue weighted by atomic mass is 9.93. The molecule has 1 unspecified atom stereocenters. The highest BCUT2D eigenvalue weighted by Gasteiger charge is 2.31. The number of hydrogen-bond donors (Lipinski definition) is 2. The molecule has 2 heterocycles. The SMILES string of the molecule is O=C(Nc1ccc(F)c(Cl)c1)C1CCN(C(=O)C2CCCNC2)CC1. The number of likely N-dealkylation sites (tertiary alicyclic amines) is 1. The summed E-state index contributed by atoms with van der Waals surface area (Å²) in [5, 5.41) is 6.04. The summed E-state index contributed by atoms with van der Waals surface area (Å²) < 4.78 is 13.2. The maximum atomic E-state index is 13.2. The summed E-state index contributed by atoms with van der Waals surface area (Å²) in [6.45, 7) is 2.96. The quantitative estimate of drug-likeness (QED) is 0.863. The number of anilines is 1. The molecule has 0 radical (unpaired) electrons. The molecular weight excluding hydrogens is 345 g/mol. The molecule has 0 saturated carbocycles. The van der Waals surface area contributed by atoms with E-state index in [1.54, 1.807) is 0 Å². The molecule has 7 heteroatoms. The van der Waals surface area contributed by atoms with Gasteiger partial charge >= 0.3 is 0 Å². The van der Waals surface area contributed by atoms with Crippen LogP contribution in [0.25, 0.3) is 0 Å². The Kier molecular flexibility index (Phi) is 5.91. The summed E-state index contributed by atoms with van der Waals surface area (Å²) in [4.78, 5) is 26.8. The Morgan fingerprint density at radius 3 is 2.60 bits per heavy atom. The molecular formula is C18H23ClFN3O2. The van der Waals surface area contributed by atoms with Gasteiger partial charge in [0.1, 0.15) is 5.82 Å². The Morgan fingerprint density at radius 2 is 1.96 bits per heavy atom. The number of piperidine rings is 2. The van der Waals surface area contributed by atoms with Crippen molar-refractivity contribution in [3.05, 3.63) is 29.0 Å². The summed E-state index contributed by atoms with van der Waals surface area (Å²) in [5.74, 6) is -0.480. The Hall–Kier alpha value is -1.66. The number of carbonyl (C=O) groups is 2. The average Bonchev–Trinajstić information content (AvgIpc) is 2.65. The molecule has 1 aromatic rings. The van der Waals surface area contributed by atoms with Gasteiger partial charge in [-0.05, 0) is 50.4 Å². The second-order valence-corrected chi connectivity index (χ2v) is 7.17. The third kappa shape index (κ3) is 4.50. The van der Waals surface area contributed by atoms with Crippen LogP contribution in [0.1, 0.15) is 25.7 Å². The minimum atomic E-state index is -0.510. The van der Waals surface area contributed by atoms with Crippen molar-refractivity contribution >= 4 is 29.1 Å². The fraction of sp³-hybridized carbons (Fsp3) is 0.556. The van der Waals surface area contributed by atoms with Crippen molar-refractivity contribution in [3.8, 4) is 0 Å². The first-order valence-corrected chi connectivity index (χ1v) is 9.18. The normalized spacial score (nSPS) is 21.8. The molecule has 5 nitrogen and oxygen atoms in total. The van der Waals surface area contributed by atoms with Crippen LogP contribution in [-0.4, -0.2) is 42.9 Å². The Balaban J connectivity index is 1.50. The van der Waals surface area contributed by atoms with Crippen LogP contribution < -0.4 is 10.6 Å². The fourth-order valence-corrected chi connectivity index (χ4v) is 3.68. The zero-order chi connectivity index (χ0) is 17.8. The summed E-state index contributed by atoms with van der Waals surface area (Å²) in [5.41, 5.74) is 0.489. The fourth-order valence-electron chi connectivity index (χ4n) is 3.50. The van der Waals surface area contributed by atoms with Crippen LogP contribution in [0.2, 0.25) is 5.02 Å². The number of benzene rings is 1. The largest absolute Gasteiger partial charge is 0.342 e. The number of hydrogen-bond acceptors (Lipinski definition) is 3. The van der Waals surface area contributed by atoms with E-state index in [0.29, 0.717) is 31.6 Å². The molecule has 0 aliphatic carbocycles. The second kappa shape index (κ2) is 8.15. The van der Waals surface area contributed by atoms with Gasteiger partial charge in [0.2, 0.25) is 11.8 Å². The lowest BCUT2D eigenvalue weighted by Crippen LogP contribution is -2.47. The molecule has 0 spiro atoms. The maximum absolute atomic E-state index is 13.2. The molecule has 0 bridgehead atoms. The summed E-state index contributed by atoms with van der Waals surface area (Å²) in [6.07, 6.45) is 3.27. The first-order valence-electron chi connectivity index (χ1n) is 8.80. The molecule has 2 fully saturated rings. The van der Waals surface area contributed by atoms with Crippen molar-refractivity contribution in [2.45, 2.75) is 25.7 Å². The van der Waals surface area contributed by atoms with E-state index < -0.39 is 5.82 Å². The number of nitrogens with zero attached hydrogens (tertiary/aromatic N) is 1. The minimum Gasteiger partial charge on any atom is -0.342 e. The topological polar surface area (TPSA) is 61.4 Å². The second-order valence-electron chi connectivity index (χ2n) is 6.76. The summed E-state index contributed by atoms with van der Waals surface area (Å²) in [6, 6.07) is 4.13. The highest BCUT2D eigenvalue weighted by Crippen LogP contribution is 2.24. The maximum Gasteiger partial charge on any atom is 0.227 e. The van der Waals surface area contributed by atoms with Gasteiger partial charge in [-0.25, -0.2) is 4.39 Å². The third-order valence-electron chi connectivity index (χ3n) is 5.01. The van der Waals surface area contributed by atoms with Crippen molar-refractivity contribution in [3.63, 3.8) is 0 Å². The van der Waals surface area contributed by atoms with E-state index in [1.165, 1.54) is 18.2 Å². The van der Waals surface area contributed by atoms with Gasteiger partial charge < -0.3 is 15.5 Å². The van der Waals surface area contributed by atoms with E-state index in [1.807, 2.05) is 4.90 Å². The van der Waals surface area contributed by atoms with E-state index in [-0.39, 0.29) is 28.7 Å². The molecule has 1 atom stereocenters. The minimum absolute atomic E-state index is 0.0145. The van der Waals surface area contributed by atoms with E-state index in [0.717, 1.165) is 25.9 Å². The molecule has 2 aliphatic heterocycles. The molecule has 0 aromatic heterocycles. The lowest BCUT2D eigenvalue weighted by molar-refractivity contribution is -0.138. The van der Waals surface area contributed by atoms with Crippen molar-refractivity contribution in [1.82, 2.24) is 10.2 Å². The average molecular weight is 368 g/mol. The van der Waals surface area contributed by atoms with Gasteiger partial charge in [-0.2, -0.15) is 0 Å². The Morgan fingerprint density at radius 1 is 1.20 bits per heavy atom. The molecule has 2 saturated heterocycles. The molecule has 2 aliphatic rings.